The zero-order valence-corrected chi connectivity index (χ0v) is 13.7. The van der Waals surface area contributed by atoms with E-state index in [0.29, 0.717) is 25.8 Å². The van der Waals surface area contributed by atoms with Gasteiger partial charge < -0.3 is 19.1 Å². The standard InChI is InChI=1S/C17H27N3O3/c21-14(10-22-11-15-2-1-7-23-15)8-19-6-5-17-16(9-19)18-12-20(17)13-3-4-13/h12-15,21H,1-11H2/t14-,15+/m0/s1. The SMILES string of the molecule is O[C@H](COC[C@H]1CCCO1)CN1CCc2c(ncn2C2CC2)C1. The summed E-state index contributed by atoms with van der Waals surface area (Å²) in [4.78, 5) is 6.87. The molecule has 2 atom stereocenters. The molecule has 2 aliphatic heterocycles. The molecule has 3 aliphatic rings. The van der Waals surface area contributed by atoms with Crippen LogP contribution in [0.15, 0.2) is 6.33 Å². The van der Waals surface area contributed by atoms with Crippen molar-refractivity contribution in [3.63, 3.8) is 0 Å². The van der Waals surface area contributed by atoms with Crippen LogP contribution in [0.4, 0.5) is 0 Å². The molecule has 1 saturated carbocycles. The molecule has 1 aromatic heterocycles. The van der Waals surface area contributed by atoms with Gasteiger partial charge in [0.1, 0.15) is 0 Å². The first-order chi connectivity index (χ1) is 11.3. The third-order valence-electron chi connectivity index (χ3n) is 5.07. The second kappa shape index (κ2) is 6.89. The van der Waals surface area contributed by atoms with E-state index < -0.39 is 6.10 Å². The lowest BCUT2D eigenvalue weighted by atomic mass is 10.1. The minimum atomic E-state index is -0.441. The van der Waals surface area contributed by atoms with E-state index in [1.165, 1.54) is 24.2 Å². The van der Waals surface area contributed by atoms with Gasteiger partial charge in [-0.1, -0.05) is 0 Å². The molecule has 1 aliphatic carbocycles. The normalized spacial score (nSPS) is 26.4. The van der Waals surface area contributed by atoms with E-state index in [2.05, 4.69) is 14.5 Å². The summed E-state index contributed by atoms with van der Waals surface area (Å²) in [5, 5.41) is 10.2. The first-order valence-electron chi connectivity index (χ1n) is 8.94. The number of imidazole rings is 1. The maximum atomic E-state index is 10.2. The van der Waals surface area contributed by atoms with E-state index in [-0.39, 0.29) is 6.10 Å². The van der Waals surface area contributed by atoms with Crippen LogP contribution in [0.5, 0.6) is 0 Å². The van der Waals surface area contributed by atoms with Gasteiger partial charge in [0.2, 0.25) is 0 Å². The molecule has 4 rings (SSSR count). The molecule has 3 heterocycles. The van der Waals surface area contributed by atoms with Crippen molar-refractivity contribution in [2.45, 2.75) is 56.9 Å². The van der Waals surface area contributed by atoms with E-state index in [4.69, 9.17) is 9.47 Å². The lowest BCUT2D eigenvalue weighted by Gasteiger charge is -2.29. The first kappa shape index (κ1) is 15.6. The molecule has 1 aromatic rings. The van der Waals surface area contributed by atoms with E-state index in [1.807, 2.05) is 6.33 Å². The zero-order chi connectivity index (χ0) is 15.6. The highest BCUT2D eigenvalue weighted by Crippen LogP contribution is 2.37. The maximum absolute atomic E-state index is 10.2. The average molecular weight is 321 g/mol. The fraction of sp³-hybridized carbons (Fsp3) is 0.824. The molecule has 0 aromatic carbocycles. The van der Waals surface area contributed by atoms with Crippen LogP contribution in [0, 0.1) is 0 Å². The van der Waals surface area contributed by atoms with Crippen molar-refractivity contribution in [1.82, 2.24) is 14.5 Å². The van der Waals surface area contributed by atoms with Gasteiger partial charge in [0, 0.05) is 44.4 Å². The Labute approximate surface area is 137 Å². The van der Waals surface area contributed by atoms with Gasteiger partial charge in [-0.2, -0.15) is 0 Å². The Kier molecular flexibility index (Phi) is 4.66. The number of aromatic nitrogens is 2. The molecular weight excluding hydrogens is 294 g/mol. The van der Waals surface area contributed by atoms with E-state index in [9.17, 15) is 5.11 Å². The van der Waals surface area contributed by atoms with Gasteiger partial charge in [-0.25, -0.2) is 4.98 Å². The smallest absolute Gasteiger partial charge is 0.0954 e. The van der Waals surface area contributed by atoms with Crippen LogP contribution in [0.1, 0.15) is 43.1 Å². The van der Waals surface area contributed by atoms with Gasteiger partial charge >= 0.3 is 0 Å². The summed E-state index contributed by atoms with van der Waals surface area (Å²) in [5.74, 6) is 0. The molecule has 23 heavy (non-hydrogen) atoms. The molecule has 6 nitrogen and oxygen atoms in total. The van der Waals surface area contributed by atoms with Gasteiger partial charge in [-0.3, -0.25) is 4.90 Å². The van der Waals surface area contributed by atoms with Gasteiger partial charge in [0.25, 0.3) is 0 Å². The summed E-state index contributed by atoms with van der Waals surface area (Å²) in [6.07, 6.45) is 7.63. The number of aliphatic hydroxyl groups excluding tert-OH is 1. The van der Waals surface area contributed by atoms with Gasteiger partial charge in [0.15, 0.2) is 0 Å². The van der Waals surface area contributed by atoms with E-state index in [1.54, 1.807) is 0 Å². The van der Waals surface area contributed by atoms with Crippen molar-refractivity contribution in [3.8, 4) is 0 Å². The number of rotatable bonds is 7. The second-order valence-electron chi connectivity index (χ2n) is 7.09. The number of β-amino-alcohol motifs (C(OH)–C–C–N with tert-alkyl or cyclic N) is 1. The molecule has 128 valence electrons. The van der Waals surface area contributed by atoms with Crippen LogP contribution in [0.25, 0.3) is 0 Å². The maximum Gasteiger partial charge on any atom is 0.0954 e. The van der Waals surface area contributed by atoms with Crippen molar-refractivity contribution in [3.05, 3.63) is 17.7 Å². The molecule has 2 fully saturated rings. The number of fused-ring (bicyclic) bond motifs is 1. The Morgan fingerprint density at radius 3 is 3.09 bits per heavy atom. The van der Waals surface area contributed by atoms with Crippen LogP contribution in [0.2, 0.25) is 0 Å². The average Bonchev–Trinajstić information content (AvgIpc) is 3.09. The quantitative estimate of drug-likeness (QED) is 0.816. The van der Waals surface area contributed by atoms with Crippen LogP contribution < -0.4 is 0 Å². The van der Waals surface area contributed by atoms with Crippen LogP contribution in [-0.2, 0) is 22.4 Å². The Bertz CT molecular complexity index is 523. The minimum absolute atomic E-state index is 0.228. The number of hydrogen-bond acceptors (Lipinski definition) is 5. The Morgan fingerprint density at radius 1 is 1.39 bits per heavy atom. The third-order valence-corrected chi connectivity index (χ3v) is 5.07. The molecule has 0 spiro atoms. The van der Waals surface area contributed by atoms with Crippen molar-refractivity contribution < 1.29 is 14.6 Å². The predicted molar refractivity (Wildman–Crippen MR) is 85.3 cm³/mol. The summed E-state index contributed by atoms with van der Waals surface area (Å²) in [6, 6.07) is 0.703. The highest BCUT2D eigenvalue weighted by Gasteiger charge is 2.29. The van der Waals surface area contributed by atoms with E-state index >= 15 is 0 Å². The highest BCUT2D eigenvalue weighted by atomic mass is 16.5. The largest absolute Gasteiger partial charge is 0.389 e. The summed E-state index contributed by atoms with van der Waals surface area (Å²) in [6.45, 7) is 4.33. The minimum Gasteiger partial charge on any atom is -0.389 e. The number of aliphatic hydroxyl groups is 1. The molecule has 1 saturated heterocycles. The van der Waals surface area contributed by atoms with Crippen LogP contribution in [0.3, 0.4) is 0 Å². The molecule has 1 N–H and O–H groups in total. The van der Waals surface area contributed by atoms with Gasteiger partial charge in [-0.05, 0) is 25.7 Å². The lowest BCUT2D eigenvalue weighted by molar-refractivity contribution is -0.0262. The third kappa shape index (κ3) is 3.76. The van der Waals surface area contributed by atoms with Crippen molar-refractivity contribution in [1.29, 1.82) is 0 Å². The monoisotopic (exact) mass is 321 g/mol. The lowest BCUT2D eigenvalue weighted by Crippen LogP contribution is -2.39. The van der Waals surface area contributed by atoms with Gasteiger partial charge in [-0.15, -0.1) is 0 Å². The molecule has 6 heteroatoms. The Hall–Kier alpha value is -0.950. The highest BCUT2D eigenvalue weighted by molar-refractivity contribution is 5.18. The van der Waals surface area contributed by atoms with Crippen LogP contribution in [-0.4, -0.2) is 64.7 Å². The topological polar surface area (TPSA) is 59.8 Å². The molecule has 0 unspecified atom stereocenters. The van der Waals surface area contributed by atoms with Crippen LogP contribution >= 0.6 is 0 Å². The van der Waals surface area contributed by atoms with Crippen molar-refractivity contribution in [2.24, 2.45) is 0 Å². The van der Waals surface area contributed by atoms with Crippen molar-refractivity contribution in [2.75, 3.05) is 32.9 Å². The number of ether oxygens (including phenoxy) is 2. The Balaban J connectivity index is 1.21. The zero-order valence-electron chi connectivity index (χ0n) is 13.7. The molecule has 0 bridgehead atoms. The fourth-order valence-electron chi connectivity index (χ4n) is 3.67. The molecule has 0 radical (unpaired) electrons. The fourth-order valence-corrected chi connectivity index (χ4v) is 3.67. The summed E-state index contributed by atoms with van der Waals surface area (Å²) >= 11 is 0. The van der Waals surface area contributed by atoms with Gasteiger partial charge in [0.05, 0.1) is 37.4 Å². The molecule has 0 amide bonds. The summed E-state index contributed by atoms with van der Waals surface area (Å²) in [5.41, 5.74) is 2.60. The summed E-state index contributed by atoms with van der Waals surface area (Å²) < 4.78 is 13.5. The summed E-state index contributed by atoms with van der Waals surface area (Å²) in [7, 11) is 0. The first-order valence-corrected chi connectivity index (χ1v) is 8.94. The number of nitrogens with zero attached hydrogens (tertiary/aromatic N) is 3. The predicted octanol–water partition coefficient (Wildman–Crippen LogP) is 1.13. The van der Waals surface area contributed by atoms with Crippen molar-refractivity contribution >= 4 is 0 Å². The molecular formula is C17H27N3O3. The Morgan fingerprint density at radius 2 is 2.30 bits per heavy atom. The number of hydrogen-bond donors (Lipinski definition) is 1. The van der Waals surface area contributed by atoms with E-state index in [0.717, 1.165) is 39.0 Å². The second-order valence-corrected chi connectivity index (χ2v) is 7.09.